The minimum Gasteiger partial charge on any atom is -0.393 e. The SMILES string of the molecule is CCC[C@@H](C)C1CCC2C3CC[C@@H]4C[C@H](C)CC[C@]4(C)C3C[C@@H](O)[C@@]21C.CCC[C@@H](C)C1CCC2C3CC[C@@H]4C[C@H](O)CC[C@]4(C)C3C(=O)C[C@@]21C.CCC[C@@H](C)C1CCC2C3CC[C@@H]4C[C@H](O)CC[C@]4(C)C3CC[C@@]21C.CCC[C@@H](C)C1CCC2C3CC[C@@H]4C[C@H](O)CC[C@]4(C)C3C[C@@H](O)[C@@]21C.CCC[C@@H](C)C1CCC2C3CC[C@@H]4C[C@H](O)CC[C@]4(C)[C@]34O[C@@H]4C[C@@]21C. The number of ketones is 1. The summed E-state index contributed by atoms with van der Waals surface area (Å²) in [5.41, 5.74) is 3.83. The zero-order valence-electron chi connectivity index (χ0n) is 87.9. The van der Waals surface area contributed by atoms with Crippen LogP contribution in [0.3, 0.4) is 0 Å². The number of ether oxygens (including phenoxy) is 1. The van der Waals surface area contributed by atoms with E-state index in [1.807, 2.05) is 0 Å². The Balaban J connectivity index is 0.000000113. The van der Waals surface area contributed by atoms with E-state index in [1.165, 1.54) is 250 Å². The molecule has 21 fully saturated rings. The van der Waals surface area contributed by atoms with Crippen molar-refractivity contribution in [3.8, 4) is 0 Å². The summed E-state index contributed by atoms with van der Waals surface area (Å²) in [4.78, 5) is 13.6. The van der Waals surface area contributed by atoms with Crippen molar-refractivity contribution in [1.29, 1.82) is 0 Å². The van der Waals surface area contributed by atoms with E-state index in [0.717, 1.165) is 213 Å². The first-order valence-electron chi connectivity index (χ1n) is 58.5. The first-order valence-corrected chi connectivity index (χ1v) is 58.5. The number of carbonyl (C=O) groups is 1. The van der Waals surface area contributed by atoms with Crippen molar-refractivity contribution < 1.29 is 40.2 Å². The highest BCUT2D eigenvalue weighted by atomic mass is 16.6. The first-order chi connectivity index (χ1) is 61.2. The van der Waals surface area contributed by atoms with E-state index < -0.39 is 0 Å². The molecule has 0 aromatic heterocycles. The number of hydrogen-bond donors (Lipinski definition) is 6. The molecule has 1 saturated heterocycles. The molecule has 0 aromatic carbocycles. The van der Waals surface area contributed by atoms with Crippen molar-refractivity contribution in [2.75, 3.05) is 0 Å². The molecule has 0 aromatic rings. The number of epoxide rings is 1. The van der Waals surface area contributed by atoms with Crippen LogP contribution in [0.2, 0.25) is 0 Å². The van der Waals surface area contributed by atoms with Gasteiger partial charge in [-0.1, -0.05) is 216 Å². The average Bonchev–Trinajstić information content (AvgIpc) is 1.48. The standard InChI is InChI=1S/C25H44O.2C24H40O2.C24H42O2.C24H42O/c1-6-7-17(3)20-10-11-21-19-9-8-18-14-16(2)12-13-24(18,4)22(19)15-23(26)25(20,21)5;1-5-6-15(2)18-9-10-19-20-8-7-16-13-17(25)11-12-23(16,4)24(20)21(26-24)14-22(18,19)3;1-5-6-15(2)19-9-10-20-18-8-7-16-13-17(25)11-12-23(16,3)22(18)21(26)14-24(19,20)4;1-5-6-15(2)19-9-10-20-18-8-7-16-13-17(25)11-12-23(16,3)21(18)14-22(26)24(19,20)4;1-5-6-16(2)20-9-10-21-19-8-7-17-15-18(25)11-13-23(17,3)22(19)12-14-24(20,21)4/h16-23,26H,6-15H2,1-5H3;15-21,25H,5-14H2,1-4H3;15-20,22,25H,5-14H2,1-4H3;15-22,25-26H,5-14H2,1-4H3;16-22,25H,5-15H2,1-4H3/t16-,17-,18-,19?,20?,21?,22?,23-,24+,25-;15-,16-,17-,18?,19?,20?,21-,22-,23+,24+;15-,16-,17-,18?,19?,20?,22?,23+,24-;15-,16-,17-,18?,19?,20?,21?,22-,23+,24-;16-,17-,18-,19?,20?,21?,22?,23+,24-/m11111/s1. The molecule has 21 rings (SSSR count). The van der Waals surface area contributed by atoms with Crippen LogP contribution >= 0.6 is 0 Å². The lowest BCUT2D eigenvalue weighted by atomic mass is 9.43. The third-order valence-corrected chi connectivity index (χ3v) is 51.3. The van der Waals surface area contributed by atoms with Crippen LogP contribution in [0.1, 0.15) is 473 Å². The second kappa shape index (κ2) is 38.0. The molecule has 6 N–H and O–H groups in total. The van der Waals surface area contributed by atoms with Gasteiger partial charge >= 0.3 is 0 Å². The molecule has 0 radical (unpaired) electrons. The molecule has 8 heteroatoms. The van der Waals surface area contributed by atoms with Crippen LogP contribution in [0.5, 0.6) is 0 Å². The second-order valence-electron chi connectivity index (χ2n) is 56.3. The summed E-state index contributed by atoms with van der Waals surface area (Å²) < 4.78 is 6.79. The highest BCUT2D eigenvalue weighted by molar-refractivity contribution is 5.84. The number of hydrogen-bond acceptors (Lipinski definition) is 8. The number of carbonyl (C=O) groups excluding carboxylic acids is 1. The largest absolute Gasteiger partial charge is 0.393 e. The molecule has 0 bridgehead atoms. The molecule has 21 aliphatic rings. The highest BCUT2D eigenvalue weighted by Gasteiger charge is 2.80. The van der Waals surface area contributed by atoms with E-state index in [0.29, 0.717) is 79.9 Å². The van der Waals surface area contributed by atoms with Crippen molar-refractivity contribution in [3.05, 3.63) is 0 Å². The maximum Gasteiger partial charge on any atom is 0.137 e. The molecular formula is C121H208O8. The molecule has 740 valence electrons. The Morgan fingerprint density at radius 2 is 0.636 bits per heavy atom. The summed E-state index contributed by atoms with van der Waals surface area (Å²) >= 11 is 0. The average molecular weight is 1790 g/mol. The summed E-state index contributed by atoms with van der Waals surface area (Å²) in [5, 5.41) is 63.8. The summed E-state index contributed by atoms with van der Waals surface area (Å²) in [6.07, 6.45) is 65.3. The van der Waals surface area contributed by atoms with Gasteiger partial charge in [-0.3, -0.25) is 4.79 Å². The fraction of sp³-hybridized carbons (Fsp3) is 0.992. The molecule has 19 unspecified atom stereocenters. The van der Waals surface area contributed by atoms with Crippen LogP contribution in [0, 0.1) is 232 Å². The molecule has 1 spiro atoms. The molecule has 48 atom stereocenters. The van der Waals surface area contributed by atoms with Crippen molar-refractivity contribution >= 4 is 5.78 Å². The van der Waals surface area contributed by atoms with Gasteiger partial charge in [-0.05, 0) is 471 Å². The van der Waals surface area contributed by atoms with Crippen LogP contribution in [0.25, 0.3) is 0 Å². The van der Waals surface area contributed by atoms with E-state index in [4.69, 9.17) is 4.74 Å². The van der Waals surface area contributed by atoms with E-state index in [1.54, 1.807) is 0 Å². The Morgan fingerprint density at radius 3 is 1.12 bits per heavy atom. The predicted molar refractivity (Wildman–Crippen MR) is 532 cm³/mol. The summed E-state index contributed by atoms with van der Waals surface area (Å²) in [6, 6.07) is 0. The molecular weight excluding hydrogens is 1580 g/mol. The summed E-state index contributed by atoms with van der Waals surface area (Å²) in [5.74, 6) is 24.4. The second-order valence-corrected chi connectivity index (χ2v) is 56.3. The Bertz CT molecular complexity index is 3650. The lowest BCUT2D eigenvalue weighted by molar-refractivity contribution is -0.174. The van der Waals surface area contributed by atoms with Gasteiger partial charge in [0, 0.05) is 17.8 Å². The number of Topliss-reactive ketones (excluding diaryl/α,β-unsaturated/α-hetero) is 1. The third kappa shape index (κ3) is 16.5. The molecule has 8 nitrogen and oxygen atoms in total. The van der Waals surface area contributed by atoms with E-state index in [9.17, 15) is 35.4 Å². The van der Waals surface area contributed by atoms with Gasteiger partial charge in [-0.25, -0.2) is 0 Å². The van der Waals surface area contributed by atoms with E-state index in [-0.39, 0.29) is 69.8 Å². The lowest BCUT2D eigenvalue weighted by Crippen LogP contribution is -2.60. The maximum absolute atomic E-state index is 13.6. The number of aliphatic hydroxyl groups is 6. The van der Waals surface area contributed by atoms with Crippen LogP contribution in [0.4, 0.5) is 0 Å². The van der Waals surface area contributed by atoms with Gasteiger partial charge in [0.2, 0.25) is 0 Å². The summed E-state index contributed by atoms with van der Waals surface area (Å²) in [6.45, 7) is 52.0. The first kappa shape index (κ1) is 99.9. The fourth-order valence-corrected chi connectivity index (χ4v) is 44.7. The van der Waals surface area contributed by atoms with Crippen molar-refractivity contribution in [2.24, 2.45) is 232 Å². The number of rotatable bonds is 15. The van der Waals surface area contributed by atoms with Gasteiger partial charge in [0.05, 0.1) is 42.7 Å². The van der Waals surface area contributed by atoms with Gasteiger partial charge < -0.3 is 35.4 Å². The zero-order valence-corrected chi connectivity index (χ0v) is 87.9. The smallest absolute Gasteiger partial charge is 0.137 e. The number of aliphatic hydroxyl groups excluding tert-OH is 6. The van der Waals surface area contributed by atoms with Crippen LogP contribution < -0.4 is 0 Å². The maximum atomic E-state index is 13.6. The normalized spacial score (nSPS) is 54.9. The minimum absolute atomic E-state index is 0.00534. The zero-order chi connectivity index (χ0) is 92.2. The molecule has 129 heavy (non-hydrogen) atoms. The van der Waals surface area contributed by atoms with Crippen LogP contribution in [-0.4, -0.2) is 84.8 Å². The Morgan fingerprint density at radius 1 is 0.302 bits per heavy atom. The van der Waals surface area contributed by atoms with Gasteiger partial charge in [0.1, 0.15) is 11.4 Å². The third-order valence-electron chi connectivity index (χ3n) is 51.3. The topological polar surface area (TPSA) is 151 Å². The molecule has 1 aliphatic heterocycles. The molecule has 20 aliphatic carbocycles. The minimum atomic E-state index is -0.126. The van der Waals surface area contributed by atoms with Crippen molar-refractivity contribution in [2.45, 2.75) is 521 Å². The quantitative estimate of drug-likeness (QED) is 0.0887. The van der Waals surface area contributed by atoms with Crippen molar-refractivity contribution in [1.82, 2.24) is 0 Å². The van der Waals surface area contributed by atoms with Gasteiger partial charge in [0.25, 0.3) is 0 Å². The fourth-order valence-electron chi connectivity index (χ4n) is 44.7. The van der Waals surface area contributed by atoms with Gasteiger partial charge in [-0.2, -0.15) is 0 Å². The van der Waals surface area contributed by atoms with Crippen molar-refractivity contribution in [3.63, 3.8) is 0 Å². The van der Waals surface area contributed by atoms with E-state index >= 15 is 0 Å². The van der Waals surface area contributed by atoms with Gasteiger partial charge in [0.15, 0.2) is 0 Å². The lowest BCUT2D eigenvalue weighted by Gasteiger charge is -2.62. The number of fused-ring (bicyclic) bond motifs is 23. The Labute approximate surface area is 793 Å². The van der Waals surface area contributed by atoms with Crippen LogP contribution in [0.15, 0.2) is 0 Å². The molecule has 1 heterocycles. The molecule has 0 amide bonds. The Hall–Kier alpha value is -0.610. The monoisotopic (exact) mass is 1790 g/mol. The summed E-state index contributed by atoms with van der Waals surface area (Å²) in [7, 11) is 0. The predicted octanol–water partition coefficient (Wildman–Crippen LogP) is 29.7. The van der Waals surface area contributed by atoms with Crippen LogP contribution in [-0.2, 0) is 9.53 Å². The van der Waals surface area contributed by atoms with Gasteiger partial charge in [-0.15, -0.1) is 0 Å². The highest BCUT2D eigenvalue weighted by Crippen LogP contribution is 2.79. The Kier molecular flexibility index (Phi) is 29.4. The molecule has 20 saturated carbocycles. The van der Waals surface area contributed by atoms with E-state index in [2.05, 4.69) is 145 Å².